The topological polar surface area (TPSA) is 63.4 Å². The summed E-state index contributed by atoms with van der Waals surface area (Å²) in [6, 6.07) is 4.38. The summed E-state index contributed by atoms with van der Waals surface area (Å²) in [4.78, 5) is 1.89. The van der Waals surface area contributed by atoms with Crippen molar-refractivity contribution >= 4 is 15.5 Å². The van der Waals surface area contributed by atoms with Gasteiger partial charge in [-0.25, -0.2) is 12.8 Å². The maximum atomic E-state index is 13.8. The Hall–Kier alpha value is -1.14. The van der Waals surface area contributed by atoms with Crippen LogP contribution in [-0.4, -0.2) is 33.0 Å². The number of anilines is 1. The van der Waals surface area contributed by atoms with Crippen molar-refractivity contribution in [2.24, 2.45) is 5.73 Å². The van der Waals surface area contributed by atoms with E-state index in [1.54, 1.807) is 19.1 Å². The molecule has 2 N–H and O–H groups in total. The molecule has 1 saturated heterocycles. The first-order chi connectivity index (χ1) is 8.41. The van der Waals surface area contributed by atoms with Gasteiger partial charge in [0.05, 0.1) is 11.5 Å². The van der Waals surface area contributed by atoms with E-state index >= 15 is 0 Å². The summed E-state index contributed by atoms with van der Waals surface area (Å²) in [5.74, 6) is -0.111. The summed E-state index contributed by atoms with van der Waals surface area (Å²) >= 11 is 0. The fourth-order valence-corrected chi connectivity index (χ4v) is 3.41. The number of hydrogen-bond acceptors (Lipinski definition) is 4. The molecule has 0 spiro atoms. The van der Waals surface area contributed by atoms with Crippen LogP contribution in [0, 0.1) is 5.82 Å². The maximum absolute atomic E-state index is 13.8. The molecule has 1 aliphatic rings. The molecule has 2 rings (SSSR count). The Labute approximate surface area is 107 Å². The largest absolute Gasteiger partial charge is 0.369 e. The van der Waals surface area contributed by atoms with Crippen molar-refractivity contribution in [3.05, 3.63) is 29.6 Å². The van der Waals surface area contributed by atoms with E-state index in [2.05, 4.69) is 0 Å². The first-order valence-corrected chi connectivity index (χ1v) is 7.72. The van der Waals surface area contributed by atoms with Crippen molar-refractivity contribution in [1.29, 1.82) is 0 Å². The third kappa shape index (κ3) is 2.64. The van der Waals surface area contributed by atoms with Gasteiger partial charge in [-0.1, -0.05) is 6.07 Å². The molecule has 6 heteroatoms. The summed E-state index contributed by atoms with van der Waals surface area (Å²) in [5, 5.41) is 0. The summed E-state index contributed by atoms with van der Waals surface area (Å²) in [6.45, 7) is 2.51. The van der Waals surface area contributed by atoms with Crippen LogP contribution in [-0.2, 0) is 9.84 Å². The molecule has 1 aliphatic heterocycles. The van der Waals surface area contributed by atoms with Gasteiger partial charge in [-0.3, -0.25) is 0 Å². The molecule has 0 aliphatic carbocycles. The van der Waals surface area contributed by atoms with Crippen LogP contribution in [0.4, 0.5) is 10.1 Å². The van der Waals surface area contributed by atoms with Gasteiger partial charge in [-0.05, 0) is 19.1 Å². The van der Waals surface area contributed by atoms with Crippen LogP contribution in [0.25, 0.3) is 0 Å². The van der Waals surface area contributed by atoms with E-state index in [-0.39, 0.29) is 17.3 Å². The Kier molecular flexibility index (Phi) is 3.59. The summed E-state index contributed by atoms with van der Waals surface area (Å²) in [6.07, 6.45) is 0. The number of nitrogens with zero attached hydrogens (tertiary/aromatic N) is 1. The Morgan fingerprint density at radius 1 is 1.33 bits per heavy atom. The molecule has 0 aromatic heterocycles. The van der Waals surface area contributed by atoms with Crippen molar-refractivity contribution < 1.29 is 12.8 Å². The van der Waals surface area contributed by atoms with Gasteiger partial charge in [-0.15, -0.1) is 0 Å². The highest BCUT2D eigenvalue weighted by molar-refractivity contribution is 7.91. The minimum Gasteiger partial charge on any atom is -0.369 e. The first kappa shape index (κ1) is 13.3. The fourth-order valence-electron chi connectivity index (χ4n) is 2.21. The number of sulfone groups is 1. The third-order valence-corrected chi connectivity index (χ3v) is 4.78. The van der Waals surface area contributed by atoms with Gasteiger partial charge in [-0.2, -0.15) is 0 Å². The SMILES string of the molecule is C[C@H](N)c1c(F)cccc1N1CCS(=O)(=O)CC1. The monoisotopic (exact) mass is 272 g/mol. The lowest BCUT2D eigenvalue weighted by Crippen LogP contribution is -2.41. The van der Waals surface area contributed by atoms with Gasteiger partial charge >= 0.3 is 0 Å². The molecule has 0 saturated carbocycles. The van der Waals surface area contributed by atoms with E-state index in [1.807, 2.05) is 4.90 Å². The molecule has 0 unspecified atom stereocenters. The molecule has 1 aromatic carbocycles. The van der Waals surface area contributed by atoms with Gasteiger partial charge < -0.3 is 10.6 Å². The fraction of sp³-hybridized carbons (Fsp3) is 0.500. The summed E-state index contributed by atoms with van der Waals surface area (Å²) in [5.41, 5.74) is 6.95. The quantitative estimate of drug-likeness (QED) is 0.875. The van der Waals surface area contributed by atoms with E-state index in [0.29, 0.717) is 24.3 Å². The predicted molar refractivity (Wildman–Crippen MR) is 69.9 cm³/mol. The molecule has 18 heavy (non-hydrogen) atoms. The number of benzene rings is 1. The van der Waals surface area contributed by atoms with Crippen molar-refractivity contribution in [2.75, 3.05) is 29.5 Å². The van der Waals surface area contributed by atoms with Crippen molar-refractivity contribution in [1.82, 2.24) is 0 Å². The molecule has 1 aromatic rings. The average molecular weight is 272 g/mol. The Bertz CT molecular complexity index is 529. The van der Waals surface area contributed by atoms with Gasteiger partial charge in [0.2, 0.25) is 0 Å². The van der Waals surface area contributed by atoms with Crippen LogP contribution in [0.15, 0.2) is 18.2 Å². The van der Waals surface area contributed by atoms with E-state index < -0.39 is 15.9 Å². The smallest absolute Gasteiger partial charge is 0.153 e. The zero-order chi connectivity index (χ0) is 13.3. The minimum absolute atomic E-state index is 0.113. The van der Waals surface area contributed by atoms with E-state index in [9.17, 15) is 12.8 Å². The van der Waals surface area contributed by atoms with Crippen molar-refractivity contribution in [3.63, 3.8) is 0 Å². The molecule has 0 bridgehead atoms. The lowest BCUT2D eigenvalue weighted by Gasteiger charge is -2.31. The van der Waals surface area contributed by atoms with Crippen LogP contribution in [0.3, 0.4) is 0 Å². The molecule has 4 nitrogen and oxygen atoms in total. The Balaban J connectivity index is 2.32. The molecule has 1 heterocycles. The number of hydrogen-bond donors (Lipinski definition) is 1. The molecule has 0 radical (unpaired) electrons. The van der Waals surface area contributed by atoms with E-state index in [0.717, 1.165) is 0 Å². The second-order valence-electron chi connectivity index (χ2n) is 4.60. The number of nitrogens with two attached hydrogens (primary N) is 1. The standard InChI is InChI=1S/C12H17FN2O2S/c1-9(14)12-10(13)3-2-4-11(12)15-5-7-18(16,17)8-6-15/h2-4,9H,5-8,14H2,1H3/t9-/m0/s1. The zero-order valence-corrected chi connectivity index (χ0v) is 11.1. The van der Waals surface area contributed by atoms with Gasteiger partial charge in [0.25, 0.3) is 0 Å². The lowest BCUT2D eigenvalue weighted by atomic mass is 10.0. The van der Waals surface area contributed by atoms with Crippen LogP contribution < -0.4 is 10.6 Å². The van der Waals surface area contributed by atoms with Crippen molar-refractivity contribution in [2.45, 2.75) is 13.0 Å². The van der Waals surface area contributed by atoms with Crippen LogP contribution in [0.2, 0.25) is 0 Å². The van der Waals surface area contributed by atoms with Gasteiger partial charge in [0.1, 0.15) is 5.82 Å². The molecule has 100 valence electrons. The number of halogens is 1. The zero-order valence-electron chi connectivity index (χ0n) is 10.3. The third-order valence-electron chi connectivity index (χ3n) is 3.17. The Morgan fingerprint density at radius 2 is 1.94 bits per heavy atom. The highest BCUT2D eigenvalue weighted by atomic mass is 32.2. The Morgan fingerprint density at radius 3 is 2.50 bits per heavy atom. The molecule has 1 atom stereocenters. The lowest BCUT2D eigenvalue weighted by molar-refractivity contribution is 0.582. The molecular formula is C12H17FN2O2S. The highest BCUT2D eigenvalue weighted by Gasteiger charge is 2.24. The second kappa shape index (κ2) is 4.85. The van der Waals surface area contributed by atoms with E-state index in [1.165, 1.54) is 6.07 Å². The second-order valence-corrected chi connectivity index (χ2v) is 6.90. The van der Waals surface area contributed by atoms with Gasteiger partial charge in [0, 0.05) is 30.4 Å². The first-order valence-electron chi connectivity index (χ1n) is 5.90. The van der Waals surface area contributed by atoms with Crippen LogP contribution in [0.1, 0.15) is 18.5 Å². The van der Waals surface area contributed by atoms with Crippen LogP contribution >= 0.6 is 0 Å². The minimum atomic E-state index is -2.93. The predicted octanol–water partition coefficient (Wildman–Crippen LogP) is 1.08. The molecule has 1 fully saturated rings. The summed E-state index contributed by atoms with van der Waals surface area (Å²) in [7, 11) is -2.93. The van der Waals surface area contributed by atoms with E-state index in [4.69, 9.17) is 5.73 Å². The normalized spacial score (nSPS) is 20.7. The van der Waals surface area contributed by atoms with Crippen LogP contribution in [0.5, 0.6) is 0 Å². The number of rotatable bonds is 2. The highest BCUT2D eigenvalue weighted by Crippen LogP contribution is 2.28. The van der Waals surface area contributed by atoms with Crippen molar-refractivity contribution in [3.8, 4) is 0 Å². The van der Waals surface area contributed by atoms with Gasteiger partial charge in [0.15, 0.2) is 9.84 Å². The molecule has 0 amide bonds. The molecular weight excluding hydrogens is 255 g/mol. The average Bonchev–Trinajstić information content (AvgIpc) is 2.28. The maximum Gasteiger partial charge on any atom is 0.153 e. The summed E-state index contributed by atoms with van der Waals surface area (Å²) < 4.78 is 36.6.